The van der Waals surface area contributed by atoms with Crippen molar-refractivity contribution in [2.24, 2.45) is 4.99 Å². The number of pyridine rings is 1. The van der Waals surface area contributed by atoms with Gasteiger partial charge >= 0.3 is 0 Å². The molecular formula is C17H28ClN5O. The molecule has 1 saturated heterocycles. The number of nitrogens with one attached hydrogen (secondary N) is 2. The van der Waals surface area contributed by atoms with Gasteiger partial charge in [-0.2, -0.15) is 0 Å². The fourth-order valence-electron chi connectivity index (χ4n) is 2.59. The van der Waals surface area contributed by atoms with Crippen molar-refractivity contribution in [1.29, 1.82) is 0 Å². The van der Waals surface area contributed by atoms with Crippen LogP contribution in [0, 0.1) is 0 Å². The number of nitrogens with zero attached hydrogens (tertiary/aromatic N) is 3. The second-order valence-electron chi connectivity index (χ2n) is 5.83. The fraction of sp³-hybridized carbons (Fsp3) is 0.647. The summed E-state index contributed by atoms with van der Waals surface area (Å²) in [6.07, 6.45) is 5.04. The average Bonchev–Trinajstić information content (AvgIpc) is 2.62. The molecule has 0 bridgehead atoms. The maximum absolute atomic E-state index is 5.79. The lowest BCUT2D eigenvalue weighted by molar-refractivity contribution is 0.0372. The largest absolute Gasteiger partial charge is 0.379 e. The Morgan fingerprint density at radius 1 is 1.25 bits per heavy atom. The number of halogens is 1. The van der Waals surface area contributed by atoms with Crippen LogP contribution in [0.2, 0.25) is 5.15 Å². The first-order valence-electron chi connectivity index (χ1n) is 8.63. The van der Waals surface area contributed by atoms with Crippen molar-refractivity contribution in [1.82, 2.24) is 20.5 Å². The van der Waals surface area contributed by atoms with Gasteiger partial charge in [0.1, 0.15) is 5.15 Å². The molecule has 0 unspecified atom stereocenters. The molecule has 7 heteroatoms. The summed E-state index contributed by atoms with van der Waals surface area (Å²) in [6, 6.07) is 3.82. The Kier molecular flexibility index (Phi) is 8.87. The van der Waals surface area contributed by atoms with Crippen LogP contribution < -0.4 is 10.6 Å². The molecule has 2 N–H and O–H groups in total. The molecule has 0 saturated carbocycles. The summed E-state index contributed by atoms with van der Waals surface area (Å²) >= 11 is 5.79. The second-order valence-corrected chi connectivity index (χ2v) is 6.21. The maximum Gasteiger partial charge on any atom is 0.190 e. The summed E-state index contributed by atoms with van der Waals surface area (Å²) in [5.41, 5.74) is 1.16. The Morgan fingerprint density at radius 3 is 2.75 bits per heavy atom. The van der Waals surface area contributed by atoms with Crippen molar-refractivity contribution in [3.05, 3.63) is 29.0 Å². The minimum Gasteiger partial charge on any atom is -0.379 e. The average molecular weight is 354 g/mol. The molecule has 1 aliphatic rings. The molecule has 0 atom stereocenters. The first kappa shape index (κ1) is 19.0. The molecule has 0 spiro atoms. The zero-order valence-electron chi connectivity index (χ0n) is 14.4. The van der Waals surface area contributed by atoms with E-state index in [1.54, 1.807) is 7.05 Å². The third-order valence-electron chi connectivity index (χ3n) is 4.02. The van der Waals surface area contributed by atoms with Gasteiger partial charge in [-0.25, -0.2) is 4.98 Å². The van der Waals surface area contributed by atoms with Gasteiger partial charge in [-0.05, 0) is 37.4 Å². The van der Waals surface area contributed by atoms with E-state index in [-0.39, 0.29) is 0 Å². The standard InChI is InChI=1S/C17H28ClN5O/c1-19-17(21-8-6-15-4-5-16(18)22-14-15)20-7-2-3-9-23-10-12-24-13-11-23/h4-5,14H,2-3,6-13H2,1H3,(H2,19,20,21). The molecule has 1 aliphatic heterocycles. The highest BCUT2D eigenvalue weighted by Crippen LogP contribution is 2.05. The Morgan fingerprint density at radius 2 is 2.04 bits per heavy atom. The maximum atomic E-state index is 5.79. The minimum atomic E-state index is 0.529. The zero-order chi connectivity index (χ0) is 17.0. The molecule has 0 radical (unpaired) electrons. The van der Waals surface area contributed by atoms with Gasteiger partial charge < -0.3 is 15.4 Å². The van der Waals surface area contributed by atoms with E-state index >= 15 is 0 Å². The summed E-state index contributed by atoms with van der Waals surface area (Å²) in [5, 5.41) is 7.21. The Bertz CT molecular complexity index is 488. The van der Waals surface area contributed by atoms with E-state index in [2.05, 4.69) is 25.5 Å². The lowest BCUT2D eigenvalue weighted by atomic mass is 10.2. The molecule has 0 amide bonds. The highest BCUT2D eigenvalue weighted by Gasteiger charge is 2.09. The predicted octanol–water partition coefficient (Wildman–Crippen LogP) is 1.55. The first-order chi connectivity index (χ1) is 11.8. The molecule has 2 heterocycles. The zero-order valence-corrected chi connectivity index (χ0v) is 15.2. The Hall–Kier alpha value is -1.37. The molecule has 1 aromatic heterocycles. The highest BCUT2D eigenvalue weighted by atomic mass is 35.5. The summed E-state index contributed by atoms with van der Waals surface area (Å²) in [7, 11) is 1.80. The van der Waals surface area contributed by atoms with Gasteiger partial charge in [-0.15, -0.1) is 0 Å². The van der Waals surface area contributed by atoms with Gasteiger partial charge in [0, 0.05) is 39.4 Å². The van der Waals surface area contributed by atoms with Gasteiger partial charge in [-0.1, -0.05) is 17.7 Å². The van der Waals surface area contributed by atoms with E-state index in [0.717, 1.165) is 70.3 Å². The lowest BCUT2D eigenvalue weighted by Gasteiger charge is -2.26. The van der Waals surface area contributed by atoms with Gasteiger partial charge in [0.25, 0.3) is 0 Å². The first-order valence-corrected chi connectivity index (χ1v) is 9.01. The number of rotatable bonds is 8. The number of hydrogen-bond acceptors (Lipinski definition) is 4. The van der Waals surface area contributed by atoms with Gasteiger partial charge in [-0.3, -0.25) is 9.89 Å². The number of aliphatic imine (C=N–C) groups is 1. The van der Waals surface area contributed by atoms with Crippen LogP contribution in [-0.2, 0) is 11.2 Å². The summed E-state index contributed by atoms with van der Waals surface area (Å²) < 4.78 is 5.36. The molecule has 6 nitrogen and oxygen atoms in total. The van der Waals surface area contributed by atoms with E-state index < -0.39 is 0 Å². The topological polar surface area (TPSA) is 61.8 Å². The molecule has 0 aliphatic carbocycles. The van der Waals surface area contributed by atoms with Gasteiger partial charge in [0.05, 0.1) is 13.2 Å². The van der Waals surface area contributed by atoms with Crippen LogP contribution in [0.1, 0.15) is 18.4 Å². The third kappa shape index (κ3) is 7.47. The summed E-state index contributed by atoms with van der Waals surface area (Å²) in [5.74, 6) is 0.850. The van der Waals surface area contributed by atoms with E-state index in [1.165, 1.54) is 6.42 Å². The SMILES string of the molecule is CN=C(NCCCCN1CCOCC1)NCCc1ccc(Cl)nc1. The second kappa shape index (κ2) is 11.2. The fourth-order valence-corrected chi connectivity index (χ4v) is 2.70. The van der Waals surface area contributed by atoms with E-state index in [9.17, 15) is 0 Å². The predicted molar refractivity (Wildman–Crippen MR) is 98.8 cm³/mol. The number of unbranched alkanes of at least 4 members (excludes halogenated alkanes) is 1. The van der Waals surface area contributed by atoms with Crippen molar-refractivity contribution in [3.63, 3.8) is 0 Å². The van der Waals surface area contributed by atoms with Crippen molar-refractivity contribution >= 4 is 17.6 Å². The molecule has 1 fully saturated rings. The van der Waals surface area contributed by atoms with Gasteiger partial charge in [0.2, 0.25) is 0 Å². The Balaban J connectivity index is 1.52. The lowest BCUT2D eigenvalue weighted by Crippen LogP contribution is -2.39. The smallest absolute Gasteiger partial charge is 0.190 e. The van der Waals surface area contributed by atoms with Crippen LogP contribution in [0.5, 0.6) is 0 Å². The minimum absolute atomic E-state index is 0.529. The molecular weight excluding hydrogens is 326 g/mol. The molecule has 134 valence electrons. The summed E-state index contributed by atoms with van der Waals surface area (Å²) in [4.78, 5) is 10.8. The van der Waals surface area contributed by atoms with Crippen molar-refractivity contribution < 1.29 is 4.74 Å². The van der Waals surface area contributed by atoms with E-state index in [4.69, 9.17) is 16.3 Å². The van der Waals surface area contributed by atoms with E-state index in [0.29, 0.717) is 5.15 Å². The van der Waals surface area contributed by atoms with Crippen LogP contribution in [0.3, 0.4) is 0 Å². The highest BCUT2D eigenvalue weighted by molar-refractivity contribution is 6.29. The van der Waals surface area contributed by atoms with Crippen LogP contribution in [0.25, 0.3) is 0 Å². The number of morpholine rings is 1. The van der Waals surface area contributed by atoms with Crippen LogP contribution >= 0.6 is 11.6 Å². The monoisotopic (exact) mass is 353 g/mol. The molecule has 0 aromatic carbocycles. The van der Waals surface area contributed by atoms with Gasteiger partial charge in [0.15, 0.2) is 5.96 Å². The molecule has 24 heavy (non-hydrogen) atoms. The van der Waals surface area contributed by atoms with Crippen molar-refractivity contribution in [2.45, 2.75) is 19.3 Å². The van der Waals surface area contributed by atoms with Crippen LogP contribution in [0.15, 0.2) is 23.3 Å². The number of guanidine groups is 1. The van der Waals surface area contributed by atoms with Crippen molar-refractivity contribution in [2.75, 3.05) is 53.0 Å². The number of hydrogen-bond donors (Lipinski definition) is 2. The quantitative estimate of drug-likeness (QED) is 0.321. The Labute approximate surface area is 149 Å². The van der Waals surface area contributed by atoms with Crippen LogP contribution in [-0.4, -0.2) is 68.8 Å². The third-order valence-corrected chi connectivity index (χ3v) is 4.24. The number of ether oxygens (including phenoxy) is 1. The summed E-state index contributed by atoms with van der Waals surface area (Å²) in [6.45, 7) is 6.78. The van der Waals surface area contributed by atoms with Crippen LogP contribution in [0.4, 0.5) is 0 Å². The van der Waals surface area contributed by atoms with E-state index in [1.807, 2.05) is 18.3 Å². The number of aromatic nitrogens is 1. The normalized spacial score (nSPS) is 16.2. The molecule has 2 rings (SSSR count). The van der Waals surface area contributed by atoms with Crippen molar-refractivity contribution in [3.8, 4) is 0 Å². The molecule has 1 aromatic rings.